The maximum atomic E-state index is 13.4. The predicted octanol–water partition coefficient (Wildman–Crippen LogP) is 2.13. The van der Waals surface area contributed by atoms with Gasteiger partial charge in [-0.1, -0.05) is 0 Å². The Balaban J connectivity index is 3.26. The van der Waals surface area contributed by atoms with E-state index in [0.717, 1.165) is 0 Å². The lowest BCUT2D eigenvalue weighted by Crippen LogP contribution is -2.21. The van der Waals surface area contributed by atoms with Crippen LogP contribution in [0, 0.1) is 16.1 Å². The number of rotatable bonds is 5. The highest BCUT2D eigenvalue weighted by atomic mass is 19.4. The first-order chi connectivity index (χ1) is 9.64. The number of carbonyl (C=O) groups is 1. The largest absolute Gasteiger partial charge is 0.573 e. The zero-order valence-electron chi connectivity index (χ0n) is 10.4. The monoisotopic (exact) mass is 312 g/mol. The third kappa shape index (κ3) is 4.85. The van der Waals surface area contributed by atoms with Crippen molar-refractivity contribution in [3.63, 3.8) is 0 Å². The maximum Gasteiger partial charge on any atom is 0.573 e. The molecule has 0 bridgehead atoms. The Bertz CT molecular complexity index is 561. The summed E-state index contributed by atoms with van der Waals surface area (Å²) in [7, 11) is 0. The van der Waals surface area contributed by atoms with Gasteiger partial charge in [0, 0.05) is 11.6 Å². The number of alkyl halides is 3. The Kier molecular flexibility index (Phi) is 5.00. The molecule has 0 aliphatic rings. The smallest absolute Gasteiger partial charge is 0.466 e. The van der Waals surface area contributed by atoms with Crippen LogP contribution in [0.15, 0.2) is 6.07 Å². The molecule has 0 saturated carbocycles. The van der Waals surface area contributed by atoms with Crippen LogP contribution in [0.2, 0.25) is 0 Å². The van der Waals surface area contributed by atoms with E-state index in [9.17, 15) is 32.5 Å². The molecular weight excluding hydrogens is 304 g/mol. The summed E-state index contributed by atoms with van der Waals surface area (Å²) < 4.78 is 57.9. The van der Waals surface area contributed by atoms with Crippen molar-refractivity contribution >= 4 is 11.8 Å². The van der Waals surface area contributed by atoms with Crippen molar-refractivity contribution in [3.8, 4) is 5.75 Å². The number of hydrogen-bond donors (Lipinski definition) is 0. The molecule has 0 radical (unpaired) electrons. The number of aromatic nitrogens is 1. The second-order valence-electron chi connectivity index (χ2n) is 3.55. The second kappa shape index (κ2) is 6.33. The minimum atomic E-state index is -5.25. The second-order valence-corrected chi connectivity index (χ2v) is 3.55. The van der Waals surface area contributed by atoms with Crippen LogP contribution in [-0.2, 0) is 16.0 Å². The summed E-state index contributed by atoms with van der Waals surface area (Å²) >= 11 is 0. The zero-order chi connectivity index (χ0) is 16.2. The molecule has 1 aromatic rings. The van der Waals surface area contributed by atoms with Crippen LogP contribution in [0.1, 0.15) is 12.5 Å². The van der Waals surface area contributed by atoms with Crippen LogP contribution in [-0.4, -0.2) is 28.8 Å². The fraction of sp³-hybridized carbons (Fsp3) is 0.400. The third-order valence-electron chi connectivity index (χ3n) is 2.04. The van der Waals surface area contributed by atoms with Gasteiger partial charge >= 0.3 is 24.1 Å². The topological polar surface area (TPSA) is 91.6 Å². The fourth-order valence-electron chi connectivity index (χ4n) is 1.35. The van der Waals surface area contributed by atoms with Gasteiger partial charge in [0.2, 0.25) is 5.75 Å². The van der Waals surface area contributed by atoms with Gasteiger partial charge in [-0.15, -0.1) is 13.2 Å². The van der Waals surface area contributed by atoms with E-state index in [1.165, 1.54) is 6.92 Å². The van der Waals surface area contributed by atoms with E-state index < -0.39 is 46.8 Å². The Morgan fingerprint density at radius 3 is 2.57 bits per heavy atom. The molecule has 1 aromatic heterocycles. The molecule has 1 rings (SSSR count). The molecule has 21 heavy (non-hydrogen) atoms. The van der Waals surface area contributed by atoms with Crippen molar-refractivity contribution in [1.29, 1.82) is 0 Å². The van der Waals surface area contributed by atoms with E-state index in [-0.39, 0.29) is 6.61 Å². The Morgan fingerprint density at radius 2 is 2.10 bits per heavy atom. The lowest BCUT2D eigenvalue weighted by atomic mass is 10.1. The van der Waals surface area contributed by atoms with Crippen molar-refractivity contribution in [2.45, 2.75) is 19.7 Å². The number of hydrogen-bond acceptors (Lipinski definition) is 6. The molecule has 0 aliphatic heterocycles. The maximum absolute atomic E-state index is 13.4. The van der Waals surface area contributed by atoms with Crippen LogP contribution in [0.5, 0.6) is 5.75 Å². The molecule has 0 aromatic carbocycles. The quantitative estimate of drug-likeness (QED) is 0.272. The van der Waals surface area contributed by atoms with Gasteiger partial charge < -0.3 is 19.6 Å². The fourth-order valence-corrected chi connectivity index (χ4v) is 1.35. The van der Waals surface area contributed by atoms with E-state index in [4.69, 9.17) is 0 Å². The average molecular weight is 312 g/mol. The molecule has 7 nitrogen and oxygen atoms in total. The number of nitrogens with zero attached hydrogens (tertiary/aromatic N) is 2. The van der Waals surface area contributed by atoms with Crippen molar-refractivity contribution in [2.24, 2.45) is 0 Å². The summed E-state index contributed by atoms with van der Waals surface area (Å²) in [6.45, 7) is 1.38. The Labute approximate surface area is 114 Å². The Morgan fingerprint density at radius 1 is 1.48 bits per heavy atom. The van der Waals surface area contributed by atoms with Crippen molar-refractivity contribution < 1.29 is 36.8 Å². The van der Waals surface area contributed by atoms with Gasteiger partial charge in [-0.25, -0.2) is 0 Å². The van der Waals surface area contributed by atoms with Gasteiger partial charge in [-0.3, -0.25) is 4.79 Å². The summed E-state index contributed by atoms with van der Waals surface area (Å²) in [5.41, 5.74) is -0.690. The molecule has 0 amide bonds. The average Bonchev–Trinajstić information content (AvgIpc) is 2.31. The third-order valence-corrected chi connectivity index (χ3v) is 2.04. The summed E-state index contributed by atoms with van der Waals surface area (Å²) in [4.78, 5) is 23.4. The molecule has 0 fully saturated rings. The minimum Gasteiger partial charge on any atom is -0.466 e. The highest BCUT2D eigenvalue weighted by Crippen LogP contribution is 2.31. The highest BCUT2D eigenvalue weighted by Gasteiger charge is 2.36. The molecule has 1 heterocycles. The van der Waals surface area contributed by atoms with Gasteiger partial charge in [-0.05, 0) is 16.8 Å². The van der Waals surface area contributed by atoms with E-state index in [0.29, 0.717) is 6.07 Å². The number of esters is 1. The molecular formula is C10H8F4N2O5. The van der Waals surface area contributed by atoms with E-state index >= 15 is 0 Å². The molecule has 11 heteroatoms. The molecule has 0 spiro atoms. The van der Waals surface area contributed by atoms with Gasteiger partial charge in [-0.2, -0.15) is 4.39 Å². The van der Waals surface area contributed by atoms with Crippen LogP contribution < -0.4 is 4.74 Å². The molecule has 0 atom stereocenters. The van der Waals surface area contributed by atoms with Crippen molar-refractivity contribution in [2.75, 3.05) is 6.61 Å². The van der Waals surface area contributed by atoms with Crippen LogP contribution >= 0.6 is 0 Å². The van der Waals surface area contributed by atoms with Crippen molar-refractivity contribution in [3.05, 3.63) is 27.7 Å². The summed E-state index contributed by atoms with van der Waals surface area (Å²) in [6.07, 6.45) is -6.08. The lowest BCUT2D eigenvalue weighted by Gasteiger charge is -2.11. The molecule has 0 aliphatic carbocycles. The standard InChI is InChI=1S/C10H8F4N2O5/c1-2-20-7(17)4-5-3-6(16(18)19)15-9(11)8(5)21-10(12,13)14/h3H,2,4H2,1H3. The summed E-state index contributed by atoms with van der Waals surface area (Å²) in [6, 6.07) is 0.515. The zero-order valence-corrected chi connectivity index (χ0v) is 10.4. The summed E-state index contributed by atoms with van der Waals surface area (Å²) in [5.74, 6) is -5.30. The first kappa shape index (κ1) is 16.6. The molecule has 0 unspecified atom stereocenters. The van der Waals surface area contributed by atoms with E-state index in [1.807, 2.05) is 0 Å². The van der Waals surface area contributed by atoms with Gasteiger partial charge in [0.25, 0.3) is 0 Å². The van der Waals surface area contributed by atoms with E-state index in [1.54, 1.807) is 0 Å². The normalized spacial score (nSPS) is 11.1. The van der Waals surface area contributed by atoms with Crippen molar-refractivity contribution in [1.82, 2.24) is 4.98 Å². The molecule has 0 saturated heterocycles. The first-order valence-electron chi connectivity index (χ1n) is 5.39. The molecule has 116 valence electrons. The predicted molar refractivity (Wildman–Crippen MR) is 57.9 cm³/mol. The van der Waals surface area contributed by atoms with Gasteiger partial charge in [0.05, 0.1) is 13.0 Å². The van der Waals surface area contributed by atoms with Gasteiger partial charge in [0.1, 0.15) is 0 Å². The lowest BCUT2D eigenvalue weighted by molar-refractivity contribution is -0.390. The van der Waals surface area contributed by atoms with Gasteiger partial charge in [0.15, 0.2) is 0 Å². The van der Waals surface area contributed by atoms with Crippen LogP contribution in [0.25, 0.3) is 0 Å². The van der Waals surface area contributed by atoms with Crippen LogP contribution in [0.4, 0.5) is 23.4 Å². The highest BCUT2D eigenvalue weighted by molar-refractivity contribution is 5.73. The molecule has 0 N–H and O–H groups in total. The Hall–Kier alpha value is -2.46. The first-order valence-corrected chi connectivity index (χ1v) is 5.39. The van der Waals surface area contributed by atoms with Crippen LogP contribution in [0.3, 0.4) is 0 Å². The summed E-state index contributed by atoms with van der Waals surface area (Å²) in [5, 5.41) is 10.5. The number of carbonyl (C=O) groups excluding carboxylic acids is 1. The number of halogens is 4. The van der Waals surface area contributed by atoms with E-state index in [2.05, 4.69) is 14.5 Å². The number of pyridine rings is 1. The minimum absolute atomic E-state index is 0.0655. The SMILES string of the molecule is CCOC(=O)Cc1cc([N+](=O)[O-])nc(F)c1OC(F)(F)F. The number of nitro groups is 1. The number of ether oxygens (including phenoxy) is 2.